The third-order valence-electron chi connectivity index (χ3n) is 4.61. The first-order chi connectivity index (χ1) is 13.3. The molecule has 6 nitrogen and oxygen atoms in total. The highest BCUT2D eigenvalue weighted by Gasteiger charge is 2.31. The lowest BCUT2D eigenvalue weighted by molar-refractivity contribution is -0.131. The van der Waals surface area contributed by atoms with Crippen LogP contribution in [-0.4, -0.2) is 56.8 Å². The van der Waals surface area contributed by atoms with Gasteiger partial charge in [0.25, 0.3) is 0 Å². The average molecular weight is 443 g/mol. The molecule has 1 aliphatic heterocycles. The number of rotatable bonds is 5. The second kappa shape index (κ2) is 8.69. The van der Waals surface area contributed by atoms with Gasteiger partial charge in [-0.2, -0.15) is 4.31 Å². The Bertz CT molecular complexity index is 974. The van der Waals surface area contributed by atoms with Crippen molar-refractivity contribution >= 4 is 39.1 Å². The van der Waals surface area contributed by atoms with Crippen LogP contribution in [0.1, 0.15) is 5.56 Å². The van der Waals surface area contributed by atoms with Crippen LogP contribution < -0.4 is 4.74 Å². The van der Waals surface area contributed by atoms with Crippen molar-refractivity contribution in [3.63, 3.8) is 0 Å². The summed E-state index contributed by atoms with van der Waals surface area (Å²) in [6.07, 6.45) is 0.240. The van der Waals surface area contributed by atoms with Gasteiger partial charge in [-0.05, 0) is 29.8 Å². The molecular formula is C19H20Cl2N2O4S. The zero-order valence-electron chi connectivity index (χ0n) is 15.3. The summed E-state index contributed by atoms with van der Waals surface area (Å²) in [6.45, 7) is 1.05. The van der Waals surface area contributed by atoms with Gasteiger partial charge < -0.3 is 9.64 Å². The van der Waals surface area contributed by atoms with Crippen LogP contribution in [0, 0.1) is 0 Å². The van der Waals surface area contributed by atoms with Crippen molar-refractivity contribution in [3.05, 3.63) is 58.1 Å². The molecule has 1 heterocycles. The first kappa shape index (κ1) is 20.9. The Morgan fingerprint density at radius 2 is 1.75 bits per heavy atom. The van der Waals surface area contributed by atoms with Crippen molar-refractivity contribution in [3.8, 4) is 5.75 Å². The minimum absolute atomic E-state index is 0.0145. The van der Waals surface area contributed by atoms with Gasteiger partial charge in [-0.1, -0.05) is 41.4 Å². The summed E-state index contributed by atoms with van der Waals surface area (Å²) in [5.41, 5.74) is 0.852. The van der Waals surface area contributed by atoms with Gasteiger partial charge in [0.2, 0.25) is 15.9 Å². The van der Waals surface area contributed by atoms with Crippen molar-refractivity contribution in [2.24, 2.45) is 0 Å². The van der Waals surface area contributed by atoms with Crippen molar-refractivity contribution < 1.29 is 17.9 Å². The molecule has 0 spiro atoms. The second-order valence-electron chi connectivity index (χ2n) is 6.37. The standard InChI is InChI=1S/C19H20Cl2N2O4S/c1-27-15-5-2-4-14(12-15)13-18(24)22-8-10-23(11-9-22)28(25,26)17-7-3-6-16(20)19(17)21/h2-7,12H,8-11,13H2,1H3. The van der Waals surface area contributed by atoms with Gasteiger partial charge in [0.1, 0.15) is 10.6 Å². The molecule has 0 atom stereocenters. The lowest BCUT2D eigenvalue weighted by Gasteiger charge is -2.34. The quantitative estimate of drug-likeness (QED) is 0.713. The second-order valence-corrected chi connectivity index (χ2v) is 9.06. The van der Waals surface area contributed by atoms with Crippen molar-refractivity contribution in [2.75, 3.05) is 33.3 Å². The fourth-order valence-corrected chi connectivity index (χ4v) is 5.23. The van der Waals surface area contributed by atoms with Crippen molar-refractivity contribution in [1.82, 2.24) is 9.21 Å². The number of ether oxygens (including phenoxy) is 1. The smallest absolute Gasteiger partial charge is 0.244 e. The van der Waals surface area contributed by atoms with E-state index in [0.29, 0.717) is 18.8 Å². The highest BCUT2D eigenvalue weighted by atomic mass is 35.5. The number of amides is 1. The Morgan fingerprint density at radius 3 is 2.43 bits per heavy atom. The predicted molar refractivity (Wildman–Crippen MR) is 108 cm³/mol. The van der Waals surface area contributed by atoms with E-state index in [9.17, 15) is 13.2 Å². The summed E-state index contributed by atoms with van der Waals surface area (Å²) in [4.78, 5) is 14.2. The van der Waals surface area contributed by atoms with E-state index in [1.165, 1.54) is 16.4 Å². The number of hydrogen-bond acceptors (Lipinski definition) is 4. The highest BCUT2D eigenvalue weighted by Crippen LogP contribution is 2.31. The molecule has 0 N–H and O–H groups in total. The molecule has 0 saturated carbocycles. The largest absolute Gasteiger partial charge is 0.497 e. The highest BCUT2D eigenvalue weighted by molar-refractivity contribution is 7.89. The zero-order chi connectivity index (χ0) is 20.3. The minimum atomic E-state index is -3.77. The monoisotopic (exact) mass is 442 g/mol. The van der Waals surface area contributed by atoms with Crippen LogP contribution in [0.4, 0.5) is 0 Å². The van der Waals surface area contributed by atoms with E-state index in [2.05, 4.69) is 0 Å². The molecule has 0 aromatic heterocycles. The molecule has 1 amide bonds. The van der Waals surface area contributed by atoms with Crippen molar-refractivity contribution in [1.29, 1.82) is 0 Å². The van der Waals surface area contributed by atoms with E-state index < -0.39 is 10.0 Å². The number of halogens is 2. The van der Waals surface area contributed by atoms with Crippen molar-refractivity contribution in [2.45, 2.75) is 11.3 Å². The van der Waals surface area contributed by atoms with Crippen LogP contribution in [0.5, 0.6) is 5.75 Å². The van der Waals surface area contributed by atoms with Gasteiger partial charge in [-0.25, -0.2) is 8.42 Å². The predicted octanol–water partition coefficient (Wildman–Crippen LogP) is 3.08. The third kappa shape index (κ3) is 4.43. The first-order valence-electron chi connectivity index (χ1n) is 8.68. The number of nitrogens with zero attached hydrogens (tertiary/aromatic N) is 2. The number of carbonyl (C=O) groups is 1. The molecule has 9 heteroatoms. The van der Waals surface area contributed by atoms with E-state index in [0.717, 1.165) is 5.56 Å². The number of methoxy groups -OCH3 is 1. The Balaban J connectivity index is 1.65. The van der Waals surface area contributed by atoms with E-state index in [1.54, 1.807) is 18.1 Å². The van der Waals surface area contributed by atoms with Gasteiger partial charge >= 0.3 is 0 Å². The molecule has 1 saturated heterocycles. The molecular weight excluding hydrogens is 423 g/mol. The number of piperazine rings is 1. The molecule has 0 bridgehead atoms. The van der Waals surface area contributed by atoms with E-state index in [1.807, 2.05) is 24.3 Å². The summed E-state index contributed by atoms with van der Waals surface area (Å²) in [5, 5.41) is 0.204. The number of sulfonamides is 1. The third-order valence-corrected chi connectivity index (χ3v) is 7.49. The maximum atomic E-state index is 12.9. The zero-order valence-corrected chi connectivity index (χ0v) is 17.6. The van der Waals surface area contributed by atoms with E-state index in [4.69, 9.17) is 27.9 Å². The van der Waals surface area contributed by atoms with Gasteiger partial charge in [0, 0.05) is 26.2 Å². The van der Waals surface area contributed by atoms with E-state index >= 15 is 0 Å². The molecule has 2 aromatic rings. The maximum absolute atomic E-state index is 12.9. The molecule has 2 aromatic carbocycles. The summed E-state index contributed by atoms with van der Waals surface area (Å²) in [7, 11) is -2.19. The molecule has 0 radical (unpaired) electrons. The fraction of sp³-hybridized carbons (Fsp3) is 0.316. The Morgan fingerprint density at radius 1 is 1.07 bits per heavy atom. The van der Waals surface area contributed by atoms with Crippen LogP contribution in [0.25, 0.3) is 0 Å². The molecule has 1 fully saturated rings. The van der Waals surface area contributed by atoms with Gasteiger partial charge in [-0.15, -0.1) is 0 Å². The SMILES string of the molecule is COc1cccc(CC(=O)N2CCN(S(=O)(=O)c3cccc(Cl)c3Cl)CC2)c1. The molecule has 1 aliphatic rings. The molecule has 3 rings (SSSR count). The summed E-state index contributed by atoms with van der Waals surface area (Å²) in [6, 6.07) is 11.9. The lowest BCUT2D eigenvalue weighted by Crippen LogP contribution is -2.50. The molecule has 28 heavy (non-hydrogen) atoms. The number of carbonyl (C=O) groups excluding carboxylic acids is 1. The van der Waals surface area contributed by atoms with Crippen LogP contribution in [0.3, 0.4) is 0 Å². The normalized spacial score (nSPS) is 15.5. The number of hydrogen-bond donors (Lipinski definition) is 0. The summed E-state index contributed by atoms with van der Waals surface area (Å²) in [5.74, 6) is 0.644. The molecule has 0 aliphatic carbocycles. The lowest BCUT2D eigenvalue weighted by atomic mass is 10.1. The fourth-order valence-electron chi connectivity index (χ4n) is 3.07. The Labute approximate surface area is 174 Å². The number of benzene rings is 2. The average Bonchev–Trinajstić information content (AvgIpc) is 2.70. The van der Waals surface area contributed by atoms with Crippen LogP contribution in [0.2, 0.25) is 10.0 Å². The van der Waals surface area contributed by atoms with Crippen LogP contribution in [0.15, 0.2) is 47.4 Å². The van der Waals surface area contributed by atoms with Crippen LogP contribution >= 0.6 is 23.2 Å². The molecule has 0 unspecified atom stereocenters. The van der Waals surface area contributed by atoms with Gasteiger partial charge in [-0.3, -0.25) is 4.79 Å². The summed E-state index contributed by atoms with van der Waals surface area (Å²) >= 11 is 12.0. The molecule has 150 valence electrons. The Hall–Kier alpha value is -1.80. The van der Waals surface area contributed by atoms with Crippen LogP contribution in [-0.2, 0) is 21.2 Å². The topological polar surface area (TPSA) is 66.9 Å². The maximum Gasteiger partial charge on any atom is 0.244 e. The summed E-state index contributed by atoms with van der Waals surface area (Å²) < 4.78 is 32.2. The van der Waals surface area contributed by atoms with Gasteiger partial charge in [0.05, 0.1) is 23.6 Å². The first-order valence-corrected chi connectivity index (χ1v) is 10.9. The van der Waals surface area contributed by atoms with E-state index in [-0.39, 0.29) is 40.4 Å². The minimum Gasteiger partial charge on any atom is -0.497 e. The Kier molecular flexibility index (Phi) is 6.50. The van der Waals surface area contributed by atoms with Gasteiger partial charge in [0.15, 0.2) is 0 Å².